The summed E-state index contributed by atoms with van der Waals surface area (Å²) in [6.07, 6.45) is 2.58. The number of anilines is 1. The molecule has 0 bridgehead atoms. The molecule has 1 aromatic rings. The first-order chi connectivity index (χ1) is 7.77. The molecule has 1 N–H and O–H groups in total. The molecule has 0 spiro atoms. The summed E-state index contributed by atoms with van der Waals surface area (Å²) in [7, 11) is 1.43. The first kappa shape index (κ1) is 13.6. The predicted octanol–water partition coefficient (Wildman–Crippen LogP) is 0.902. The van der Waals surface area contributed by atoms with E-state index < -0.39 is 9.03 Å². The maximum atomic E-state index is 8.51. The minimum absolute atomic E-state index is 0.464. The molecule has 0 saturated heterocycles. The van der Waals surface area contributed by atoms with Gasteiger partial charge in [0.1, 0.15) is 0 Å². The molecular weight excluding hydrogens is 245 g/mol. The summed E-state index contributed by atoms with van der Waals surface area (Å²) in [4.78, 5) is 19.0. The molecule has 16 heavy (non-hydrogen) atoms. The highest BCUT2D eigenvalue weighted by Crippen LogP contribution is 2.08. The van der Waals surface area contributed by atoms with E-state index in [2.05, 4.69) is 22.6 Å². The van der Waals surface area contributed by atoms with Crippen LogP contribution in [-0.2, 0) is 10.9 Å². The van der Waals surface area contributed by atoms with E-state index in [4.69, 9.17) is 9.42 Å². The predicted molar refractivity (Wildman–Crippen MR) is 69.3 cm³/mol. The smallest absolute Gasteiger partial charge is 0.225 e. The van der Waals surface area contributed by atoms with Crippen molar-refractivity contribution in [3.8, 4) is 0 Å². The molecule has 90 valence electrons. The number of nitrogens with zero attached hydrogens (tertiary/aromatic N) is 3. The van der Waals surface area contributed by atoms with E-state index in [0.29, 0.717) is 19.1 Å². The van der Waals surface area contributed by atoms with Gasteiger partial charge in [0.15, 0.2) is 9.03 Å². The lowest BCUT2D eigenvalue weighted by Gasteiger charge is -2.16. The van der Waals surface area contributed by atoms with Gasteiger partial charge in [-0.15, -0.1) is 0 Å². The molecule has 1 atom stereocenters. The maximum Gasteiger partial charge on any atom is 0.225 e. The molecule has 1 unspecified atom stereocenters. The van der Waals surface area contributed by atoms with Crippen molar-refractivity contribution >= 4 is 27.6 Å². The highest BCUT2D eigenvalue weighted by Gasteiger charge is 2.04. The van der Waals surface area contributed by atoms with E-state index in [-0.39, 0.29) is 0 Å². The lowest BCUT2D eigenvalue weighted by molar-refractivity contribution is 0.333. The van der Waals surface area contributed by atoms with E-state index in [1.807, 2.05) is 18.0 Å². The van der Waals surface area contributed by atoms with Gasteiger partial charge >= 0.3 is 0 Å². The average Bonchev–Trinajstić information content (AvgIpc) is 2.30. The number of aryl methyl sites for hydroxylation is 1. The molecular formula is C9H16N3O2PS. The van der Waals surface area contributed by atoms with Crippen molar-refractivity contribution in [3.05, 3.63) is 18.0 Å². The Hall–Kier alpha value is -0.420. The zero-order chi connectivity index (χ0) is 11.8. The fraction of sp³-hybridized carbons (Fsp3) is 0.556. The second kappa shape index (κ2) is 7.79. The highest BCUT2D eigenvalue weighted by molar-refractivity contribution is 7.80. The van der Waals surface area contributed by atoms with E-state index in [9.17, 15) is 0 Å². The van der Waals surface area contributed by atoms with Gasteiger partial charge < -0.3 is 14.3 Å². The van der Waals surface area contributed by atoms with Crippen molar-refractivity contribution in [2.45, 2.75) is 6.42 Å². The molecule has 0 aromatic carbocycles. The van der Waals surface area contributed by atoms with Gasteiger partial charge in [0.25, 0.3) is 0 Å². The summed E-state index contributed by atoms with van der Waals surface area (Å²) >= 11 is 4.17. The van der Waals surface area contributed by atoms with Crippen molar-refractivity contribution in [3.63, 3.8) is 0 Å². The Bertz CT molecular complexity index is 317. The summed E-state index contributed by atoms with van der Waals surface area (Å²) in [5, 5.41) is 0. The van der Waals surface area contributed by atoms with Gasteiger partial charge in [0, 0.05) is 25.5 Å². The minimum atomic E-state index is -0.465. The Morgan fingerprint density at radius 1 is 1.62 bits per heavy atom. The van der Waals surface area contributed by atoms with Gasteiger partial charge in [0.2, 0.25) is 5.95 Å². The molecule has 0 radical (unpaired) electrons. The fourth-order valence-corrected chi connectivity index (χ4v) is 1.56. The van der Waals surface area contributed by atoms with E-state index in [0.717, 1.165) is 17.9 Å². The Balaban J connectivity index is 2.53. The van der Waals surface area contributed by atoms with Crippen molar-refractivity contribution < 1.29 is 9.42 Å². The summed E-state index contributed by atoms with van der Waals surface area (Å²) < 4.78 is 4.88. The van der Waals surface area contributed by atoms with Crippen LogP contribution in [0, 0.1) is 0 Å². The Labute approximate surface area is 103 Å². The van der Waals surface area contributed by atoms with Gasteiger partial charge in [-0.1, -0.05) is 0 Å². The Morgan fingerprint density at radius 2 is 2.44 bits per heavy atom. The van der Waals surface area contributed by atoms with Crippen LogP contribution in [0.5, 0.6) is 0 Å². The van der Waals surface area contributed by atoms with Crippen LogP contribution >= 0.6 is 21.7 Å². The molecule has 0 amide bonds. The quantitative estimate of drug-likeness (QED) is 0.434. The van der Waals surface area contributed by atoms with Crippen LogP contribution in [0.15, 0.2) is 12.3 Å². The number of thiol groups is 1. The largest absolute Gasteiger partial charge is 0.352 e. The van der Waals surface area contributed by atoms with Crippen molar-refractivity contribution in [2.24, 2.45) is 0 Å². The lowest BCUT2D eigenvalue weighted by atomic mass is 10.3. The number of hydrogen-bond donors (Lipinski definition) is 2. The van der Waals surface area contributed by atoms with Gasteiger partial charge in [-0.2, -0.15) is 12.6 Å². The van der Waals surface area contributed by atoms with Gasteiger partial charge in [-0.3, -0.25) is 0 Å². The van der Waals surface area contributed by atoms with Gasteiger partial charge in [-0.25, -0.2) is 9.97 Å². The van der Waals surface area contributed by atoms with E-state index in [1.165, 1.54) is 0 Å². The molecule has 1 aromatic heterocycles. The maximum absolute atomic E-state index is 8.51. The molecule has 0 aliphatic heterocycles. The van der Waals surface area contributed by atoms with Crippen LogP contribution in [0.25, 0.3) is 0 Å². The molecule has 7 heteroatoms. The van der Waals surface area contributed by atoms with Crippen molar-refractivity contribution in [1.29, 1.82) is 0 Å². The number of hydrogen-bond acceptors (Lipinski definition) is 6. The normalized spacial score (nSPS) is 11.2. The molecule has 5 nitrogen and oxygen atoms in total. The lowest BCUT2D eigenvalue weighted by Crippen LogP contribution is -2.24. The molecule has 1 heterocycles. The first-order valence-electron chi connectivity index (χ1n) is 4.92. The SMILES string of the molecule is CN(CCOPO)c1nccc(CCS)n1. The molecule has 0 aliphatic rings. The minimum Gasteiger partial charge on any atom is -0.352 e. The molecule has 0 saturated carbocycles. The Kier molecular flexibility index (Phi) is 6.64. The third-order valence-electron chi connectivity index (χ3n) is 2.00. The van der Waals surface area contributed by atoms with Crippen molar-refractivity contribution in [2.75, 3.05) is 30.9 Å². The van der Waals surface area contributed by atoms with Crippen LogP contribution in [0.1, 0.15) is 5.69 Å². The number of rotatable bonds is 7. The monoisotopic (exact) mass is 261 g/mol. The summed E-state index contributed by atoms with van der Waals surface area (Å²) in [5.41, 5.74) is 0.983. The van der Waals surface area contributed by atoms with E-state index >= 15 is 0 Å². The zero-order valence-corrected chi connectivity index (χ0v) is 11.0. The van der Waals surface area contributed by atoms with E-state index in [1.54, 1.807) is 6.20 Å². The van der Waals surface area contributed by atoms with Crippen LogP contribution in [0.2, 0.25) is 0 Å². The summed E-state index contributed by atoms with van der Waals surface area (Å²) in [6, 6.07) is 1.89. The highest BCUT2D eigenvalue weighted by atomic mass is 32.1. The molecule has 1 rings (SSSR count). The first-order valence-corrected chi connectivity index (χ1v) is 6.41. The molecule has 0 aliphatic carbocycles. The third-order valence-corrected chi connectivity index (χ3v) is 2.56. The third kappa shape index (κ3) is 4.61. The van der Waals surface area contributed by atoms with Crippen LogP contribution in [0.4, 0.5) is 5.95 Å². The second-order valence-electron chi connectivity index (χ2n) is 3.18. The van der Waals surface area contributed by atoms with Gasteiger partial charge in [-0.05, 0) is 18.2 Å². The summed E-state index contributed by atoms with van der Waals surface area (Å²) in [6.45, 7) is 1.11. The zero-order valence-electron chi connectivity index (χ0n) is 9.13. The second-order valence-corrected chi connectivity index (χ2v) is 4.10. The molecule has 0 fully saturated rings. The topological polar surface area (TPSA) is 58.5 Å². The average molecular weight is 261 g/mol. The standard InChI is InChI=1S/C9H16N3O2PS/c1-12(5-6-14-15-13)9-10-4-2-8(11-9)3-7-16/h2,4,13,15-16H,3,5-7H2,1H3. The number of aromatic nitrogens is 2. The van der Waals surface area contributed by atoms with Gasteiger partial charge in [0.05, 0.1) is 6.61 Å². The Morgan fingerprint density at radius 3 is 3.12 bits per heavy atom. The van der Waals surface area contributed by atoms with Crippen LogP contribution in [0.3, 0.4) is 0 Å². The number of likely N-dealkylation sites (N-methyl/N-ethyl adjacent to an activating group) is 1. The summed E-state index contributed by atoms with van der Waals surface area (Å²) in [5.74, 6) is 1.44. The van der Waals surface area contributed by atoms with Crippen molar-refractivity contribution in [1.82, 2.24) is 9.97 Å². The fourth-order valence-electron chi connectivity index (χ4n) is 1.15. The van der Waals surface area contributed by atoms with Crippen LogP contribution < -0.4 is 4.90 Å². The van der Waals surface area contributed by atoms with Crippen LogP contribution in [-0.4, -0.2) is 40.8 Å².